The molecule has 1 atom stereocenters. The van der Waals surface area contributed by atoms with Crippen LogP contribution < -0.4 is 0 Å². The third kappa shape index (κ3) is 2.67. The van der Waals surface area contributed by atoms with Crippen molar-refractivity contribution in [2.45, 2.75) is 13.1 Å². The molecule has 0 rings (SSSR count). The zero-order valence-electron chi connectivity index (χ0n) is 7.89. The van der Waals surface area contributed by atoms with Gasteiger partial charge in [-0.25, -0.2) is 0 Å². The standard InChI is InChI=1S/C8H20N2/c1-7-9(3)8(2)10(4,5)6/h8H,2,7H2,1,3-6H3/q+1. The summed E-state index contributed by atoms with van der Waals surface area (Å²) < 4.78 is 0.893. The van der Waals surface area contributed by atoms with Crippen LogP contribution in [-0.4, -0.2) is 50.3 Å². The molecule has 0 bridgehead atoms. The maximum atomic E-state index is 4.08. The highest BCUT2D eigenvalue weighted by molar-refractivity contribution is 4.57. The molecule has 0 fully saturated rings. The maximum Gasteiger partial charge on any atom is 0.144 e. The highest BCUT2D eigenvalue weighted by atomic mass is 15.4. The van der Waals surface area contributed by atoms with E-state index in [2.05, 4.69) is 46.9 Å². The van der Waals surface area contributed by atoms with Crippen LogP contribution in [0.5, 0.6) is 0 Å². The number of hydrogen-bond donors (Lipinski definition) is 0. The van der Waals surface area contributed by atoms with Crippen molar-refractivity contribution < 1.29 is 4.48 Å². The summed E-state index contributed by atoms with van der Waals surface area (Å²) in [5, 5.41) is 0. The molecular weight excluding hydrogens is 124 g/mol. The zero-order valence-corrected chi connectivity index (χ0v) is 7.89. The van der Waals surface area contributed by atoms with E-state index in [-0.39, 0.29) is 0 Å². The highest BCUT2D eigenvalue weighted by Crippen LogP contribution is 2.04. The van der Waals surface area contributed by atoms with E-state index in [1.807, 2.05) is 0 Å². The van der Waals surface area contributed by atoms with Crippen molar-refractivity contribution in [3.63, 3.8) is 0 Å². The molecule has 61 valence electrons. The second-order valence-corrected chi connectivity index (χ2v) is 3.67. The minimum atomic E-state index is 0.352. The van der Waals surface area contributed by atoms with Gasteiger partial charge in [0.15, 0.2) is 0 Å². The molecule has 2 heteroatoms. The molecule has 0 aliphatic carbocycles. The van der Waals surface area contributed by atoms with Crippen LogP contribution in [0.4, 0.5) is 0 Å². The van der Waals surface area contributed by atoms with Gasteiger partial charge in [-0.2, -0.15) is 0 Å². The predicted octanol–water partition coefficient (Wildman–Crippen LogP) is 0.804. The lowest BCUT2D eigenvalue weighted by Gasteiger charge is -2.36. The second-order valence-electron chi connectivity index (χ2n) is 3.67. The Hall–Kier alpha value is -0.0800. The van der Waals surface area contributed by atoms with E-state index in [1.54, 1.807) is 0 Å². The molecule has 0 heterocycles. The summed E-state index contributed by atoms with van der Waals surface area (Å²) in [4.78, 5) is 2.24. The fraction of sp³-hybridized carbons (Fsp3) is 0.875. The largest absolute Gasteiger partial charge is 0.316 e. The van der Waals surface area contributed by atoms with Crippen molar-refractivity contribution in [2.24, 2.45) is 0 Å². The quantitative estimate of drug-likeness (QED) is 0.418. The topological polar surface area (TPSA) is 3.24 Å². The lowest BCUT2D eigenvalue weighted by atomic mass is 10.4. The van der Waals surface area contributed by atoms with Gasteiger partial charge in [0.25, 0.3) is 0 Å². The molecule has 0 aromatic carbocycles. The van der Waals surface area contributed by atoms with Crippen LogP contribution in [0.1, 0.15) is 6.92 Å². The van der Waals surface area contributed by atoms with Gasteiger partial charge in [0.1, 0.15) is 6.17 Å². The molecule has 1 radical (unpaired) electrons. The Balaban J connectivity index is 3.94. The summed E-state index contributed by atoms with van der Waals surface area (Å²) in [6.07, 6.45) is 0.352. The van der Waals surface area contributed by atoms with Crippen LogP contribution in [0.3, 0.4) is 0 Å². The van der Waals surface area contributed by atoms with E-state index >= 15 is 0 Å². The highest BCUT2D eigenvalue weighted by Gasteiger charge is 2.21. The van der Waals surface area contributed by atoms with Gasteiger partial charge in [-0.15, -0.1) is 0 Å². The summed E-state index contributed by atoms with van der Waals surface area (Å²) in [6.45, 7) is 7.28. The molecule has 0 saturated heterocycles. The summed E-state index contributed by atoms with van der Waals surface area (Å²) >= 11 is 0. The summed E-state index contributed by atoms with van der Waals surface area (Å²) in [7, 11) is 8.57. The van der Waals surface area contributed by atoms with Gasteiger partial charge in [0.05, 0.1) is 21.1 Å². The Morgan fingerprint density at radius 2 is 1.80 bits per heavy atom. The van der Waals surface area contributed by atoms with Gasteiger partial charge in [0.2, 0.25) is 0 Å². The average molecular weight is 144 g/mol. The number of hydrogen-bond acceptors (Lipinski definition) is 1. The molecule has 10 heavy (non-hydrogen) atoms. The molecule has 0 N–H and O–H groups in total. The molecule has 0 saturated carbocycles. The van der Waals surface area contributed by atoms with Gasteiger partial charge >= 0.3 is 0 Å². The Labute approximate surface area is 65.0 Å². The van der Waals surface area contributed by atoms with Crippen LogP contribution >= 0.6 is 0 Å². The monoisotopic (exact) mass is 144 g/mol. The van der Waals surface area contributed by atoms with Crippen molar-refractivity contribution in [2.75, 3.05) is 34.7 Å². The average Bonchev–Trinajstić information content (AvgIpc) is 1.83. The molecule has 1 unspecified atom stereocenters. The van der Waals surface area contributed by atoms with Gasteiger partial charge in [0, 0.05) is 13.5 Å². The molecule has 0 aromatic heterocycles. The molecule has 0 aliphatic rings. The number of nitrogens with zero attached hydrogens (tertiary/aromatic N) is 2. The molecular formula is C8H20N2+. The zero-order chi connectivity index (χ0) is 8.36. The summed E-state index contributed by atoms with van der Waals surface area (Å²) in [5.41, 5.74) is 0. The van der Waals surface area contributed by atoms with Crippen molar-refractivity contribution in [3.8, 4) is 0 Å². The van der Waals surface area contributed by atoms with Crippen molar-refractivity contribution in [1.29, 1.82) is 0 Å². The van der Waals surface area contributed by atoms with Crippen LogP contribution in [0.15, 0.2) is 0 Å². The van der Waals surface area contributed by atoms with E-state index in [1.165, 1.54) is 0 Å². The Kier molecular flexibility index (Phi) is 3.33. The van der Waals surface area contributed by atoms with E-state index in [4.69, 9.17) is 0 Å². The smallest absolute Gasteiger partial charge is 0.144 e. The summed E-state index contributed by atoms with van der Waals surface area (Å²) in [5.74, 6) is 0. The first-order valence-corrected chi connectivity index (χ1v) is 3.74. The van der Waals surface area contributed by atoms with Crippen LogP contribution in [0.25, 0.3) is 0 Å². The lowest BCUT2D eigenvalue weighted by Crippen LogP contribution is -2.52. The Morgan fingerprint density at radius 3 is 1.90 bits per heavy atom. The van der Waals surface area contributed by atoms with Crippen molar-refractivity contribution >= 4 is 0 Å². The molecule has 0 aromatic rings. The first-order chi connectivity index (χ1) is 4.39. The third-order valence-corrected chi connectivity index (χ3v) is 1.90. The van der Waals surface area contributed by atoms with E-state index < -0.39 is 0 Å². The van der Waals surface area contributed by atoms with Crippen LogP contribution in [0.2, 0.25) is 0 Å². The second kappa shape index (κ2) is 3.35. The minimum Gasteiger partial charge on any atom is -0.316 e. The Bertz CT molecular complexity index is 93.9. The first kappa shape index (κ1) is 9.92. The van der Waals surface area contributed by atoms with Gasteiger partial charge in [-0.1, -0.05) is 6.92 Å². The third-order valence-electron chi connectivity index (χ3n) is 1.90. The number of quaternary nitrogens is 1. The van der Waals surface area contributed by atoms with Crippen molar-refractivity contribution in [3.05, 3.63) is 6.92 Å². The van der Waals surface area contributed by atoms with E-state index in [0.717, 1.165) is 11.0 Å². The van der Waals surface area contributed by atoms with Gasteiger partial charge in [-0.3, -0.25) is 4.90 Å². The van der Waals surface area contributed by atoms with Gasteiger partial charge < -0.3 is 4.48 Å². The lowest BCUT2D eigenvalue weighted by molar-refractivity contribution is -0.901. The number of rotatable bonds is 3. The fourth-order valence-electron chi connectivity index (χ4n) is 0.802. The molecule has 2 nitrogen and oxygen atoms in total. The minimum absolute atomic E-state index is 0.352. The van der Waals surface area contributed by atoms with Gasteiger partial charge in [-0.05, 0) is 7.05 Å². The van der Waals surface area contributed by atoms with Crippen LogP contribution in [-0.2, 0) is 0 Å². The van der Waals surface area contributed by atoms with E-state index in [0.29, 0.717) is 6.17 Å². The SMILES string of the molecule is [CH2]C(N(C)CC)[N+](C)(C)C. The van der Waals surface area contributed by atoms with Crippen molar-refractivity contribution in [1.82, 2.24) is 4.90 Å². The van der Waals surface area contributed by atoms with Crippen LogP contribution in [0, 0.1) is 6.92 Å². The molecule has 0 aliphatic heterocycles. The van der Waals surface area contributed by atoms with E-state index in [9.17, 15) is 0 Å². The molecule has 0 amide bonds. The first-order valence-electron chi connectivity index (χ1n) is 3.74. The molecule has 0 spiro atoms. The fourth-order valence-corrected chi connectivity index (χ4v) is 0.802. The maximum absolute atomic E-state index is 4.08. The normalized spacial score (nSPS) is 15.9. The predicted molar refractivity (Wildman–Crippen MR) is 45.5 cm³/mol. The Morgan fingerprint density at radius 1 is 1.40 bits per heavy atom. The summed E-state index contributed by atoms with van der Waals surface area (Å²) in [6, 6.07) is 0.